The molecule has 1 heterocycles. The zero-order valence-electron chi connectivity index (χ0n) is 14.9. The third kappa shape index (κ3) is 3.45. The number of ether oxygens (including phenoxy) is 1. The van der Waals surface area contributed by atoms with Gasteiger partial charge in [-0.15, -0.1) is 0 Å². The van der Waals surface area contributed by atoms with Gasteiger partial charge in [0, 0.05) is 17.0 Å². The third-order valence-electron chi connectivity index (χ3n) is 6.28. The standard InChI is InChI=1S/C18H31N3O3/c1-17(2,23)9-4-6-15-13-8-7-12-14(20-21-16(19)22)5-3-10-18(12,13)11-24-15/h12-13,15,23H,3-11H2,1-2H3,(H3,19,21,22)/b20-14+/t12-,13+,15+,18+/m0/s1. The van der Waals surface area contributed by atoms with E-state index in [-0.39, 0.29) is 5.41 Å². The van der Waals surface area contributed by atoms with Crippen LogP contribution in [0.1, 0.15) is 65.2 Å². The van der Waals surface area contributed by atoms with Crippen molar-refractivity contribution in [3.05, 3.63) is 0 Å². The fraction of sp³-hybridized carbons (Fsp3) is 0.889. The number of hydrogen-bond donors (Lipinski definition) is 3. The van der Waals surface area contributed by atoms with Crippen molar-refractivity contribution in [2.45, 2.75) is 76.9 Å². The Labute approximate surface area is 144 Å². The topological polar surface area (TPSA) is 96.9 Å². The molecule has 24 heavy (non-hydrogen) atoms. The molecule has 3 aliphatic rings. The maximum absolute atomic E-state index is 11.0. The Morgan fingerprint density at radius 2 is 2.29 bits per heavy atom. The maximum Gasteiger partial charge on any atom is 0.332 e. The summed E-state index contributed by atoms with van der Waals surface area (Å²) < 4.78 is 6.22. The molecule has 4 atom stereocenters. The summed E-state index contributed by atoms with van der Waals surface area (Å²) in [6.07, 6.45) is 8.69. The molecule has 0 bridgehead atoms. The Morgan fingerprint density at radius 1 is 1.50 bits per heavy atom. The van der Waals surface area contributed by atoms with Crippen molar-refractivity contribution >= 4 is 11.7 Å². The number of carbonyl (C=O) groups is 1. The second-order valence-corrected chi connectivity index (χ2v) is 8.46. The van der Waals surface area contributed by atoms with E-state index >= 15 is 0 Å². The Bertz CT molecular complexity index is 514. The van der Waals surface area contributed by atoms with Gasteiger partial charge in [0.05, 0.1) is 18.3 Å². The van der Waals surface area contributed by atoms with Gasteiger partial charge in [-0.2, -0.15) is 5.10 Å². The number of nitrogens with two attached hydrogens (primary N) is 1. The second kappa shape index (κ2) is 6.64. The van der Waals surface area contributed by atoms with Gasteiger partial charge in [-0.1, -0.05) is 0 Å². The van der Waals surface area contributed by atoms with Gasteiger partial charge in [-0.25, -0.2) is 10.2 Å². The van der Waals surface area contributed by atoms with Crippen molar-refractivity contribution in [3.63, 3.8) is 0 Å². The van der Waals surface area contributed by atoms with Gasteiger partial charge < -0.3 is 15.6 Å². The van der Waals surface area contributed by atoms with E-state index in [4.69, 9.17) is 10.5 Å². The minimum Gasteiger partial charge on any atom is -0.390 e. The van der Waals surface area contributed by atoms with Crippen LogP contribution in [-0.4, -0.2) is 35.2 Å². The van der Waals surface area contributed by atoms with Crippen LogP contribution in [0.4, 0.5) is 4.79 Å². The van der Waals surface area contributed by atoms with Gasteiger partial charge in [-0.05, 0) is 71.1 Å². The summed E-state index contributed by atoms with van der Waals surface area (Å²) in [6.45, 7) is 4.54. The highest BCUT2D eigenvalue weighted by molar-refractivity contribution is 5.89. The highest BCUT2D eigenvalue weighted by atomic mass is 16.5. The molecule has 0 radical (unpaired) electrons. The molecular formula is C18H31N3O3. The number of hydrazone groups is 1. The van der Waals surface area contributed by atoms with E-state index < -0.39 is 11.6 Å². The number of nitrogens with zero attached hydrogens (tertiary/aromatic N) is 1. The molecule has 0 aromatic rings. The summed E-state index contributed by atoms with van der Waals surface area (Å²) in [4.78, 5) is 11.0. The molecule has 2 amide bonds. The van der Waals surface area contributed by atoms with Crippen molar-refractivity contribution < 1.29 is 14.6 Å². The van der Waals surface area contributed by atoms with Gasteiger partial charge >= 0.3 is 6.03 Å². The average Bonchev–Trinajstić information content (AvgIpc) is 3.01. The van der Waals surface area contributed by atoms with Crippen LogP contribution in [0.25, 0.3) is 0 Å². The summed E-state index contributed by atoms with van der Waals surface area (Å²) in [7, 11) is 0. The van der Waals surface area contributed by atoms with E-state index in [0.29, 0.717) is 17.9 Å². The van der Waals surface area contributed by atoms with Crippen molar-refractivity contribution in [2.24, 2.45) is 28.1 Å². The summed E-state index contributed by atoms with van der Waals surface area (Å²) in [5, 5.41) is 14.2. The first-order chi connectivity index (χ1) is 11.3. The molecular weight excluding hydrogens is 306 g/mol. The second-order valence-electron chi connectivity index (χ2n) is 8.46. The number of nitrogens with one attached hydrogen (secondary N) is 1. The molecule has 0 unspecified atom stereocenters. The van der Waals surface area contributed by atoms with Gasteiger partial charge in [-0.3, -0.25) is 0 Å². The van der Waals surface area contributed by atoms with Crippen LogP contribution < -0.4 is 11.2 Å². The molecule has 136 valence electrons. The first kappa shape index (κ1) is 17.7. The van der Waals surface area contributed by atoms with Crippen LogP contribution >= 0.6 is 0 Å². The number of urea groups is 1. The molecule has 1 aliphatic heterocycles. The first-order valence-corrected chi connectivity index (χ1v) is 9.28. The van der Waals surface area contributed by atoms with Crippen molar-refractivity contribution in [1.29, 1.82) is 0 Å². The highest BCUT2D eigenvalue weighted by Gasteiger charge is 2.59. The fourth-order valence-corrected chi connectivity index (χ4v) is 5.31. The molecule has 0 aromatic heterocycles. The Morgan fingerprint density at radius 3 is 3.00 bits per heavy atom. The minimum atomic E-state index is -0.598. The molecule has 6 nitrogen and oxygen atoms in total. The highest BCUT2D eigenvalue weighted by Crippen LogP contribution is 2.60. The zero-order chi connectivity index (χ0) is 17.4. The molecule has 2 saturated carbocycles. The predicted molar refractivity (Wildman–Crippen MR) is 92.5 cm³/mol. The van der Waals surface area contributed by atoms with Crippen molar-refractivity contribution in [1.82, 2.24) is 5.43 Å². The molecule has 2 aliphatic carbocycles. The lowest BCUT2D eigenvalue weighted by Gasteiger charge is -2.39. The quantitative estimate of drug-likeness (QED) is 0.673. The van der Waals surface area contributed by atoms with Crippen LogP contribution in [0.15, 0.2) is 5.10 Å². The number of primary amides is 1. The van der Waals surface area contributed by atoms with Crippen molar-refractivity contribution in [2.75, 3.05) is 6.61 Å². The molecule has 3 fully saturated rings. The molecule has 1 spiro atoms. The SMILES string of the molecule is CC(C)(O)CCC[C@H]1OC[C@]23CCC/C(=N\NC(N)=O)[C@@H]2CC[C@H]13. The van der Waals surface area contributed by atoms with Crippen LogP contribution in [0.2, 0.25) is 0 Å². The zero-order valence-corrected chi connectivity index (χ0v) is 14.9. The van der Waals surface area contributed by atoms with Gasteiger partial charge in [0.2, 0.25) is 0 Å². The van der Waals surface area contributed by atoms with Gasteiger partial charge in [0.15, 0.2) is 0 Å². The largest absolute Gasteiger partial charge is 0.390 e. The number of aliphatic hydroxyl groups is 1. The molecule has 3 rings (SSSR count). The summed E-state index contributed by atoms with van der Waals surface area (Å²) in [5.74, 6) is 1.01. The van der Waals surface area contributed by atoms with Gasteiger partial charge in [0.25, 0.3) is 0 Å². The van der Waals surface area contributed by atoms with E-state index in [1.54, 1.807) is 0 Å². The van der Waals surface area contributed by atoms with Crippen LogP contribution in [0.5, 0.6) is 0 Å². The third-order valence-corrected chi connectivity index (χ3v) is 6.28. The van der Waals surface area contributed by atoms with E-state index in [1.807, 2.05) is 13.8 Å². The first-order valence-electron chi connectivity index (χ1n) is 9.28. The van der Waals surface area contributed by atoms with Crippen LogP contribution in [-0.2, 0) is 4.74 Å². The number of carbonyl (C=O) groups excluding carboxylic acids is 1. The number of hydrogen-bond acceptors (Lipinski definition) is 4. The van der Waals surface area contributed by atoms with E-state index in [2.05, 4.69) is 10.5 Å². The summed E-state index contributed by atoms with van der Waals surface area (Å²) in [6, 6.07) is -0.594. The lowest BCUT2D eigenvalue weighted by molar-refractivity contribution is 0.0466. The Balaban J connectivity index is 1.66. The van der Waals surface area contributed by atoms with E-state index in [9.17, 15) is 9.90 Å². The van der Waals surface area contributed by atoms with E-state index in [0.717, 1.165) is 50.8 Å². The van der Waals surface area contributed by atoms with Crippen molar-refractivity contribution in [3.8, 4) is 0 Å². The lowest BCUT2D eigenvalue weighted by Crippen LogP contribution is -2.41. The normalized spacial score (nSPS) is 37.3. The monoisotopic (exact) mass is 337 g/mol. The summed E-state index contributed by atoms with van der Waals surface area (Å²) in [5.41, 5.74) is 8.29. The molecule has 1 saturated heterocycles. The Hall–Kier alpha value is -1.14. The Kier molecular flexibility index (Phi) is 4.89. The van der Waals surface area contributed by atoms with Gasteiger partial charge in [0.1, 0.15) is 0 Å². The lowest BCUT2D eigenvalue weighted by atomic mass is 9.64. The minimum absolute atomic E-state index is 0.204. The fourth-order valence-electron chi connectivity index (χ4n) is 5.31. The molecule has 4 N–H and O–H groups in total. The van der Waals surface area contributed by atoms with Crippen LogP contribution in [0.3, 0.4) is 0 Å². The molecule has 0 aromatic carbocycles. The summed E-state index contributed by atoms with van der Waals surface area (Å²) >= 11 is 0. The number of rotatable bonds is 5. The molecule has 6 heteroatoms. The maximum atomic E-state index is 11.0. The average molecular weight is 337 g/mol. The van der Waals surface area contributed by atoms with Crippen LogP contribution in [0, 0.1) is 17.3 Å². The predicted octanol–water partition coefficient (Wildman–Crippen LogP) is 2.55. The van der Waals surface area contributed by atoms with E-state index in [1.165, 1.54) is 12.8 Å². The number of amides is 2. The smallest absolute Gasteiger partial charge is 0.332 e.